The smallest absolute Gasteiger partial charge is 0.355 e. The van der Waals surface area contributed by atoms with Gasteiger partial charge in [-0.1, -0.05) is 12.8 Å². The molecule has 0 bridgehead atoms. The monoisotopic (exact) mass is 499 g/mol. The maximum atomic E-state index is 13.4. The van der Waals surface area contributed by atoms with Gasteiger partial charge in [0.15, 0.2) is 0 Å². The van der Waals surface area contributed by atoms with Gasteiger partial charge in [0.25, 0.3) is 11.8 Å². The van der Waals surface area contributed by atoms with E-state index >= 15 is 0 Å². The van der Waals surface area contributed by atoms with Gasteiger partial charge in [-0.2, -0.15) is 18.3 Å². The fourth-order valence-corrected chi connectivity index (χ4v) is 4.54. The van der Waals surface area contributed by atoms with Gasteiger partial charge in [0, 0.05) is 37.9 Å². The number of halogens is 3. The summed E-state index contributed by atoms with van der Waals surface area (Å²) < 4.78 is 42.7. The van der Waals surface area contributed by atoms with Gasteiger partial charge in [-0.15, -0.1) is 0 Å². The number of nitrogens with zero attached hydrogens (tertiary/aromatic N) is 6. The van der Waals surface area contributed by atoms with E-state index < -0.39 is 12.7 Å². The quantitative estimate of drug-likeness (QED) is 0.462. The van der Waals surface area contributed by atoms with Crippen LogP contribution in [0.2, 0.25) is 0 Å². The van der Waals surface area contributed by atoms with Crippen molar-refractivity contribution in [1.82, 2.24) is 34.4 Å². The molecule has 1 N–H and O–H groups in total. The Bertz CT molecular complexity index is 1450. The number of hydrogen-bond donors (Lipinski definition) is 1. The van der Waals surface area contributed by atoms with Crippen LogP contribution in [-0.2, 0) is 6.54 Å². The first kappa shape index (κ1) is 23.8. The number of carbonyl (C=O) groups is 2. The Hall–Kier alpha value is -3.96. The summed E-state index contributed by atoms with van der Waals surface area (Å²) in [5, 5.41) is 7.15. The van der Waals surface area contributed by atoms with Crippen LogP contribution < -0.4 is 5.32 Å². The Labute approximate surface area is 203 Å². The maximum Gasteiger partial charge on any atom is 0.408 e. The normalized spacial score (nSPS) is 14.8. The van der Waals surface area contributed by atoms with Crippen LogP contribution in [0.3, 0.4) is 0 Å². The molecule has 1 aliphatic heterocycles. The fraction of sp³-hybridized carbons (Fsp3) is 0.375. The van der Waals surface area contributed by atoms with Crippen molar-refractivity contribution in [1.29, 1.82) is 0 Å². The van der Waals surface area contributed by atoms with Crippen LogP contribution in [0.4, 0.5) is 13.2 Å². The molecule has 9 nitrogen and oxygen atoms in total. The lowest BCUT2D eigenvalue weighted by atomic mass is 10.2. The molecule has 4 aromatic rings. The van der Waals surface area contributed by atoms with Gasteiger partial charge in [-0.25, -0.2) is 4.98 Å². The Morgan fingerprint density at radius 1 is 1.06 bits per heavy atom. The number of imidazole rings is 1. The minimum absolute atomic E-state index is 0.0827. The number of hydrogen-bond acceptors (Lipinski definition) is 5. The fourth-order valence-electron chi connectivity index (χ4n) is 4.54. The van der Waals surface area contributed by atoms with E-state index in [1.54, 1.807) is 27.6 Å². The van der Waals surface area contributed by atoms with Gasteiger partial charge < -0.3 is 10.2 Å². The molecule has 0 spiro atoms. The van der Waals surface area contributed by atoms with E-state index in [-0.39, 0.29) is 28.7 Å². The van der Waals surface area contributed by atoms with Crippen LogP contribution in [-0.4, -0.2) is 67.2 Å². The highest BCUT2D eigenvalue weighted by Crippen LogP contribution is 2.31. The first-order valence-corrected chi connectivity index (χ1v) is 11.7. The van der Waals surface area contributed by atoms with Gasteiger partial charge in [0.1, 0.15) is 23.6 Å². The molecule has 1 saturated heterocycles. The number of pyridine rings is 2. The third-order valence-electron chi connectivity index (χ3n) is 6.31. The molecule has 36 heavy (non-hydrogen) atoms. The highest BCUT2D eigenvalue weighted by atomic mass is 19.4. The summed E-state index contributed by atoms with van der Waals surface area (Å²) in [6.07, 6.45) is 3.75. The molecule has 1 aliphatic rings. The van der Waals surface area contributed by atoms with Crippen molar-refractivity contribution in [3.63, 3.8) is 0 Å². The summed E-state index contributed by atoms with van der Waals surface area (Å²) in [6.45, 7) is -0.132. The van der Waals surface area contributed by atoms with Crippen LogP contribution in [0.1, 0.15) is 46.5 Å². The Balaban J connectivity index is 1.63. The maximum absolute atomic E-state index is 13.4. The van der Waals surface area contributed by atoms with Crippen LogP contribution in [0.15, 0.2) is 36.8 Å². The molecule has 0 aliphatic carbocycles. The van der Waals surface area contributed by atoms with E-state index in [1.165, 1.54) is 25.5 Å². The second-order valence-corrected chi connectivity index (χ2v) is 8.78. The molecule has 188 valence electrons. The second-order valence-electron chi connectivity index (χ2n) is 8.78. The van der Waals surface area contributed by atoms with Gasteiger partial charge in [0.2, 0.25) is 0 Å². The summed E-state index contributed by atoms with van der Waals surface area (Å²) in [5.41, 5.74) is 1.70. The third kappa shape index (κ3) is 4.50. The highest BCUT2D eigenvalue weighted by Gasteiger charge is 2.31. The van der Waals surface area contributed by atoms with Crippen molar-refractivity contribution in [3.05, 3.63) is 48.0 Å². The Morgan fingerprint density at radius 3 is 2.50 bits per heavy atom. The SMILES string of the molecule is CNC(=O)c1ccc2ncc(-c3nn(CC(F)(F)F)c4cc(C(=O)N5CCCCCC5)ncc34)n2c1. The zero-order chi connectivity index (χ0) is 25.4. The summed E-state index contributed by atoms with van der Waals surface area (Å²) in [6, 6.07) is 4.62. The lowest BCUT2D eigenvalue weighted by Gasteiger charge is -2.19. The standard InChI is InChI=1S/C24H24F3N7O2/c1-28-22(35)15-6-7-20-30-12-19(33(20)13-15)21-16-11-29-17(23(36)32-8-4-2-3-5-9-32)10-18(16)34(31-21)14-24(25,26)27/h6-7,10-13H,2-5,8-9,14H2,1H3,(H,28,35). The lowest BCUT2D eigenvalue weighted by Crippen LogP contribution is -2.32. The average molecular weight is 499 g/mol. The number of carbonyl (C=O) groups excluding carboxylic acids is 2. The molecule has 5 heterocycles. The minimum Gasteiger partial charge on any atom is -0.355 e. The molecule has 0 aromatic carbocycles. The summed E-state index contributed by atoms with van der Waals surface area (Å²) >= 11 is 0. The van der Waals surface area contributed by atoms with Gasteiger partial charge >= 0.3 is 6.18 Å². The van der Waals surface area contributed by atoms with E-state index in [4.69, 9.17) is 0 Å². The molecule has 0 radical (unpaired) electrons. The van der Waals surface area contributed by atoms with Crippen molar-refractivity contribution in [2.75, 3.05) is 20.1 Å². The predicted molar refractivity (Wildman–Crippen MR) is 126 cm³/mol. The van der Waals surface area contributed by atoms with Crippen LogP contribution >= 0.6 is 0 Å². The van der Waals surface area contributed by atoms with Gasteiger partial charge in [-0.3, -0.25) is 23.7 Å². The average Bonchev–Trinajstić information content (AvgIpc) is 3.30. The van der Waals surface area contributed by atoms with Crippen molar-refractivity contribution in [2.24, 2.45) is 0 Å². The first-order valence-electron chi connectivity index (χ1n) is 11.7. The minimum atomic E-state index is -4.53. The van der Waals surface area contributed by atoms with Crippen LogP contribution in [0.25, 0.3) is 27.9 Å². The number of likely N-dealkylation sites (tertiary alicyclic amines) is 1. The van der Waals surface area contributed by atoms with E-state index in [1.807, 2.05) is 0 Å². The predicted octanol–water partition coefficient (Wildman–Crippen LogP) is 3.68. The number of amides is 2. The number of aromatic nitrogens is 5. The van der Waals surface area contributed by atoms with Crippen LogP contribution in [0, 0.1) is 0 Å². The van der Waals surface area contributed by atoms with Crippen molar-refractivity contribution < 1.29 is 22.8 Å². The molecule has 5 rings (SSSR count). The molecule has 1 fully saturated rings. The molecule has 0 unspecified atom stereocenters. The number of fused-ring (bicyclic) bond motifs is 2. The summed E-state index contributed by atoms with van der Waals surface area (Å²) in [7, 11) is 1.50. The number of nitrogens with one attached hydrogen (secondary N) is 1. The zero-order valence-corrected chi connectivity index (χ0v) is 19.5. The zero-order valence-electron chi connectivity index (χ0n) is 19.5. The van der Waals surface area contributed by atoms with E-state index in [2.05, 4.69) is 20.4 Å². The first-order chi connectivity index (χ1) is 17.2. The van der Waals surface area contributed by atoms with Crippen molar-refractivity contribution in [2.45, 2.75) is 38.4 Å². The second kappa shape index (κ2) is 9.25. The van der Waals surface area contributed by atoms with Crippen LogP contribution in [0.5, 0.6) is 0 Å². The highest BCUT2D eigenvalue weighted by molar-refractivity contribution is 5.99. The van der Waals surface area contributed by atoms with Crippen molar-refractivity contribution in [3.8, 4) is 11.4 Å². The number of alkyl halides is 3. The van der Waals surface area contributed by atoms with E-state index in [0.29, 0.717) is 35.4 Å². The van der Waals surface area contributed by atoms with Gasteiger partial charge in [-0.05, 0) is 31.0 Å². The largest absolute Gasteiger partial charge is 0.408 e. The Kier molecular flexibility index (Phi) is 6.10. The van der Waals surface area contributed by atoms with Crippen molar-refractivity contribution >= 4 is 28.4 Å². The third-order valence-corrected chi connectivity index (χ3v) is 6.31. The topological polar surface area (TPSA) is 97.4 Å². The molecule has 0 saturated carbocycles. The van der Waals surface area contributed by atoms with E-state index in [9.17, 15) is 22.8 Å². The number of rotatable bonds is 4. The lowest BCUT2D eigenvalue weighted by molar-refractivity contribution is -0.141. The van der Waals surface area contributed by atoms with Gasteiger partial charge in [0.05, 0.1) is 23.0 Å². The molecular formula is C24H24F3N7O2. The molecule has 0 atom stereocenters. The Morgan fingerprint density at radius 2 is 1.81 bits per heavy atom. The molecular weight excluding hydrogens is 475 g/mol. The summed E-state index contributed by atoms with van der Waals surface area (Å²) in [4.78, 5) is 35.5. The molecule has 12 heteroatoms. The summed E-state index contributed by atoms with van der Waals surface area (Å²) in [5.74, 6) is -0.618. The molecule has 4 aromatic heterocycles. The van der Waals surface area contributed by atoms with E-state index in [0.717, 1.165) is 30.4 Å². The molecule has 2 amide bonds.